The van der Waals surface area contributed by atoms with Crippen LogP contribution in [0.15, 0.2) is 58.2 Å². The number of halogens is 1. The molecule has 0 aliphatic rings. The molecule has 1 amide bonds. The van der Waals surface area contributed by atoms with Gasteiger partial charge in [-0.15, -0.1) is 0 Å². The molecule has 128 valence electrons. The molecule has 5 nitrogen and oxygen atoms in total. The van der Waals surface area contributed by atoms with Gasteiger partial charge in [0.2, 0.25) is 0 Å². The number of aromatic nitrogens is 1. The second-order valence-electron chi connectivity index (χ2n) is 5.48. The van der Waals surface area contributed by atoms with Crippen molar-refractivity contribution in [3.63, 3.8) is 0 Å². The number of carbonyl (C=O) groups is 1. The lowest BCUT2D eigenvalue weighted by molar-refractivity contribution is 0.0950. The molecule has 0 fully saturated rings. The summed E-state index contributed by atoms with van der Waals surface area (Å²) in [6.45, 7) is 2.69. The highest BCUT2D eigenvalue weighted by atomic mass is 79.9. The van der Waals surface area contributed by atoms with E-state index in [4.69, 9.17) is 4.74 Å². The molecule has 25 heavy (non-hydrogen) atoms. The number of amides is 1. The zero-order chi connectivity index (χ0) is 17.6. The molecule has 2 N–H and O–H groups in total. The van der Waals surface area contributed by atoms with Crippen LogP contribution in [0, 0.1) is 0 Å². The van der Waals surface area contributed by atoms with E-state index in [0.29, 0.717) is 12.3 Å². The summed E-state index contributed by atoms with van der Waals surface area (Å²) in [4.78, 5) is 14.9. The number of hydrogen-bond acceptors (Lipinski definition) is 3. The fourth-order valence-corrected chi connectivity index (χ4v) is 2.80. The number of aromatic amines is 1. The largest absolute Gasteiger partial charge is 0.493 e. The third-order valence-corrected chi connectivity index (χ3v) is 4.10. The molecule has 0 spiro atoms. The quantitative estimate of drug-likeness (QED) is 0.473. The number of H-pyrrole nitrogens is 1. The first-order valence-electron chi connectivity index (χ1n) is 8.01. The van der Waals surface area contributed by atoms with E-state index in [9.17, 15) is 4.79 Å². The summed E-state index contributed by atoms with van der Waals surface area (Å²) in [5.41, 5.74) is 3.81. The molecule has 2 aromatic carbocycles. The number of nitrogens with one attached hydrogen (secondary N) is 2. The van der Waals surface area contributed by atoms with Crippen LogP contribution >= 0.6 is 15.9 Å². The Balaban J connectivity index is 1.86. The van der Waals surface area contributed by atoms with Gasteiger partial charge in [0.1, 0.15) is 11.4 Å². The first kappa shape index (κ1) is 17.2. The molecule has 0 atom stereocenters. The van der Waals surface area contributed by atoms with Gasteiger partial charge in [-0.05, 0) is 45.3 Å². The number of rotatable bonds is 6. The normalized spacial score (nSPS) is 11.1. The van der Waals surface area contributed by atoms with Crippen molar-refractivity contribution in [1.82, 2.24) is 10.4 Å². The maximum atomic E-state index is 12.1. The van der Waals surface area contributed by atoms with Gasteiger partial charge in [-0.2, -0.15) is 5.10 Å². The van der Waals surface area contributed by atoms with E-state index < -0.39 is 0 Å². The minimum Gasteiger partial charge on any atom is -0.493 e. The molecule has 0 unspecified atom stereocenters. The molecular weight excluding hydrogens is 382 g/mol. The number of hydrazone groups is 1. The monoisotopic (exact) mass is 399 g/mol. The fraction of sp³-hybridized carbons (Fsp3) is 0.158. The standard InChI is InChI=1S/C19H18BrN3O2/c1-2-9-25-18-8-7-13-5-3-4-6-15(13)16(18)12-22-23-19(24)17-10-14(20)11-21-17/h3-8,10-12,21H,2,9H2,1H3,(H,23,24)/b22-12-. The average Bonchev–Trinajstić information content (AvgIpc) is 3.07. The third-order valence-electron chi connectivity index (χ3n) is 3.64. The van der Waals surface area contributed by atoms with Crippen molar-refractivity contribution in [3.8, 4) is 5.75 Å². The lowest BCUT2D eigenvalue weighted by Gasteiger charge is -2.11. The smallest absolute Gasteiger partial charge is 0.287 e. The van der Waals surface area contributed by atoms with E-state index >= 15 is 0 Å². The van der Waals surface area contributed by atoms with Crippen molar-refractivity contribution in [2.45, 2.75) is 13.3 Å². The number of ether oxygens (including phenoxy) is 1. The van der Waals surface area contributed by atoms with Crippen molar-refractivity contribution in [2.75, 3.05) is 6.61 Å². The van der Waals surface area contributed by atoms with E-state index in [0.717, 1.165) is 33.0 Å². The molecule has 0 radical (unpaired) electrons. The topological polar surface area (TPSA) is 66.5 Å². The summed E-state index contributed by atoms with van der Waals surface area (Å²) in [5.74, 6) is 0.444. The van der Waals surface area contributed by atoms with Crippen LogP contribution < -0.4 is 10.2 Å². The van der Waals surface area contributed by atoms with Crippen molar-refractivity contribution >= 4 is 38.8 Å². The van der Waals surface area contributed by atoms with Crippen LogP contribution in [0.5, 0.6) is 5.75 Å². The summed E-state index contributed by atoms with van der Waals surface area (Å²) >= 11 is 3.30. The number of carbonyl (C=O) groups excluding carboxylic acids is 1. The lowest BCUT2D eigenvalue weighted by Crippen LogP contribution is -2.18. The van der Waals surface area contributed by atoms with E-state index in [2.05, 4.69) is 38.4 Å². The number of hydrogen-bond donors (Lipinski definition) is 2. The Kier molecular flexibility index (Phi) is 5.50. The van der Waals surface area contributed by atoms with Gasteiger partial charge in [-0.25, -0.2) is 5.43 Å². The molecule has 0 bridgehead atoms. The highest BCUT2D eigenvalue weighted by molar-refractivity contribution is 9.10. The summed E-state index contributed by atoms with van der Waals surface area (Å²) in [5, 5.41) is 6.22. The summed E-state index contributed by atoms with van der Waals surface area (Å²) in [6.07, 6.45) is 4.24. The van der Waals surface area contributed by atoms with Crippen LogP contribution in [0.1, 0.15) is 29.4 Å². The first-order valence-corrected chi connectivity index (χ1v) is 8.80. The van der Waals surface area contributed by atoms with Crippen molar-refractivity contribution < 1.29 is 9.53 Å². The SMILES string of the molecule is CCCOc1ccc2ccccc2c1/C=N\NC(=O)c1cc(Br)c[nH]1. The predicted molar refractivity (Wildman–Crippen MR) is 103 cm³/mol. The van der Waals surface area contributed by atoms with E-state index in [1.807, 2.05) is 36.4 Å². The average molecular weight is 400 g/mol. The molecule has 3 aromatic rings. The number of nitrogens with zero attached hydrogens (tertiary/aromatic N) is 1. The Labute approximate surface area is 154 Å². The highest BCUT2D eigenvalue weighted by Crippen LogP contribution is 2.26. The third kappa shape index (κ3) is 4.09. The summed E-state index contributed by atoms with van der Waals surface area (Å²) < 4.78 is 6.63. The van der Waals surface area contributed by atoms with Gasteiger partial charge < -0.3 is 9.72 Å². The Bertz CT molecular complexity index is 918. The van der Waals surface area contributed by atoms with E-state index in [1.165, 1.54) is 0 Å². The van der Waals surface area contributed by atoms with Crippen LogP contribution in [-0.2, 0) is 0 Å². The van der Waals surface area contributed by atoms with Crippen LogP contribution in [0.25, 0.3) is 10.8 Å². The Hall–Kier alpha value is -2.60. The predicted octanol–water partition coefficient (Wildman–Crippen LogP) is 4.48. The van der Waals surface area contributed by atoms with E-state index in [1.54, 1.807) is 18.5 Å². The Morgan fingerprint density at radius 1 is 1.32 bits per heavy atom. The number of benzene rings is 2. The van der Waals surface area contributed by atoms with Crippen LogP contribution in [0.2, 0.25) is 0 Å². The molecule has 1 aromatic heterocycles. The highest BCUT2D eigenvalue weighted by Gasteiger charge is 2.09. The van der Waals surface area contributed by atoms with Crippen LogP contribution in [0.4, 0.5) is 0 Å². The summed E-state index contributed by atoms with van der Waals surface area (Å²) in [6, 6.07) is 13.7. The molecule has 0 saturated carbocycles. The molecule has 0 saturated heterocycles. The molecule has 1 heterocycles. The van der Waals surface area contributed by atoms with Gasteiger partial charge in [0.05, 0.1) is 12.8 Å². The van der Waals surface area contributed by atoms with Gasteiger partial charge in [-0.3, -0.25) is 4.79 Å². The Morgan fingerprint density at radius 3 is 2.92 bits per heavy atom. The second-order valence-corrected chi connectivity index (χ2v) is 6.39. The van der Waals surface area contributed by atoms with Gasteiger partial charge in [0, 0.05) is 16.2 Å². The van der Waals surface area contributed by atoms with Crippen molar-refractivity contribution in [3.05, 3.63) is 64.4 Å². The molecule has 3 rings (SSSR count). The van der Waals surface area contributed by atoms with Gasteiger partial charge in [0.15, 0.2) is 0 Å². The van der Waals surface area contributed by atoms with Crippen LogP contribution in [0.3, 0.4) is 0 Å². The maximum Gasteiger partial charge on any atom is 0.287 e. The summed E-state index contributed by atoms with van der Waals surface area (Å²) in [7, 11) is 0. The van der Waals surface area contributed by atoms with Crippen LogP contribution in [-0.4, -0.2) is 23.7 Å². The minimum absolute atomic E-state index is 0.307. The van der Waals surface area contributed by atoms with Crippen molar-refractivity contribution in [2.24, 2.45) is 5.10 Å². The van der Waals surface area contributed by atoms with Gasteiger partial charge in [0.25, 0.3) is 5.91 Å². The zero-order valence-electron chi connectivity index (χ0n) is 13.8. The second kappa shape index (κ2) is 7.98. The zero-order valence-corrected chi connectivity index (χ0v) is 15.3. The van der Waals surface area contributed by atoms with E-state index in [-0.39, 0.29) is 5.91 Å². The molecule has 6 heteroatoms. The fourth-order valence-electron chi connectivity index (χ4n) is 2.46. The lowest BCUT2D eigenvalue weighted by atomic mass is 10.0. The maximum absolute atomic E-state index is 12.1. The molecular formula is C19H18BrN3O2. The Morgan fingerprint density at radius 2 is 2.16 bits per heavy atom. The van der Waals surface area contributed by atoms with Gasteiger partial charge >= 0.3 is 0 Å². The minimum atomic E-state index is -0.307. The van der Waals surface area contributed by atoms with Crippen molar-refractivity contribution in [1.29, 1.82) is 0 Å². The molecule has 0 aliphatic heterocycles. The molecule has 0 aliphatic carbocycles. The number of fused-ring (bicyclic) bond motifs is 1. The first-order chi connectivity index (χ1) is 12.2. The van der Waals surface area contributed by atoms with Gasteiger partial charge in [-0.1, -0.05) is 37.3 Å².